The molecule has 1 N–H and O–H groups in total. The second-order valence-corrected chi connectivity index (χ2v) is 8.43. The van der Waals surface area contributed by atoms with Crippen molar-refractivity contribution < 1.29 is 17.9 Å². The van der Waals surface area contributed by atoms with Crippen LogP contribution in [0.5, 0.6) is 5.75 Å². The highest BCUT2D eigenvalue weighted by Gasteiger charge is 2.22. The number of anilines is 1. The number of ether oxygens (including phenoxy) is 1. The number of hydrogen-bond acceptors (Lipinski definition) is 5. The molecule has 0 bridgehead atoms. The number of sulfonamides is 1. The van der Waals surface area contributed by atoms with E-state index in [9.17, 15) is 13.2 Å². The number of amides is 1. The van der Waals surface area contributed by atoms with Gasteiger partial charge in [0.1, 0.15) is 18.9 Å². The maximum absolute atomic E-state index is 12.3. The van der Waals surface area contributed by atoms with E-state index in [1.165, 1.54) is 6.21 Å². The highest BCUT2D eigenvalue weighted by molar-refractivity contribution is 7.92. The van der Waals surface area contributed by atoms with E-state index in [2.05, 4.69) is 17.1 Å². The minimum absolute atomic E-state index is 0.372. The fourth-order valence-electron chi connectivity index (χ4n) is 2.65. The van der Waals surface area contributed by atoms with E-state index < -0.39 is 15.9 Å². The molecule has 1 amide bonds. The average Bonchev–Trinajstić information content (AvgIpc) is 2.64. The van der Waals surface area contributed by atoms with Crippen molar-refractivity contribution in [3.8, 4) is 5.75 Å². The number of hydrogen-bond donors (Lipinski definition) is 1. The molecule has 0 heterocycles. The van der Waals surface area contributed by atoms with Gasteiger partial charge < -0.3 is 4.74 Å². The SMILES string of the molecule is C=CCOc1cccc(/C=N\NC(=O)CN(c2ccc(C)cc2C)S(C)(=O)=O)c1. The van der Waals surface area contributed by atoms with Gasteiger partial charge in [0.25, 0.3) is 5.91 Å². The number of rotatable bonds is 9. The van der Waals surface area contributed by atoms with Crippen molar-refractivity contribution in [1.29, 1.82) is 0 Å². The molecule has 0 aliphatic rings. The Morgan fingerprint density at radius 2 is 2.00 bits per heavy atom. The highest BCUT2D eigenvalue weighted by Crippen LogP contribution is 2.23. The number of aryl methyl sites for hydroxylation is 2. The van der Waals surface area contributed by atoms with Crippen LogP contribution in [0.3, 0.4) is 0 Å². The lowest BCUT2D eigenvalue weighted by atomic mass is 10.1. The first-order valence-electron chi connectivity index (χ1n) is 8.91. The van der Waals surface area contributed by atoms with E-state index in [0.717, 1.165) is 27.3 Å². The monoisotopic (exact) mass is 415 g/mol. The van der Waals surface area contributed by atoms with Crippen molar-refractivity contribution in [2.75, 3.05) is 23.7 Å². The van der Waals surface area contributed by atoms with Gasteiger partial charge in [0.2, 0.25) is 10.0 Å². The molecule has 0 spiro atoms. The van der Waals surface area contributed by atoms with Crippen molar-refractivity contribution >= 4 is 27.8 Å². The van der Waals surface area contributed by atoms with E-state index in [4.69, 9.17) is 4.74 Å². The lowest BCUT2D eigenvalue weighted by molar-refractivity contribution is -0.119. The van der Waals surface area contributed by atoms with Gasteiger partial charge in [0, 0.05) is 0 Å². The first-order valence-corrected chi connectivity index (χ1v) is 10.8. The van der Waals surface area contributed by atoms with Gasteiger partial charge in [-0.2, -0.15) is 5.10 Å². The lowest BCUT2D eigenvalue weighted by Crippen LogP contribution is -2.39. The van der Waals surface area contributed by atoms with Crippen molar-refractivity contribution in [1.82, 2.24) is 5.43 Å². The summed E-state index contributed by atoms with van der Waals surface area (Å²) in [5, 5.41) is 3.91. The van der Waals surface area contributed by atoms with Crippen LogP contribution in [0.1, 0.15) is 16.7 Å². The number of benzene rings is 2. The quantitative estimate of drug-likeness (QED) is 0.388. The molecule has 29 heavy (non-hydrogen) atoms. The standard InChI is InChI=1S/C21H25N3O4S/c1-5-11-28-19-8-6-7-18(13-19)14-22-23-21(25)15-24(29(4,26)27)20-10-9-16(2)12-17(20)3/h5-10,12-14H,1,11,15H2,2-4H3,(H,23,25)/b22-14-. The Hall–Kier alpha value is -3.13. The van der Waals surface area contributed by atoms with Gasteiger partial charge in [-0.3, -0.25) is 9.10 Å². The average molecular weight is 416 g/mol. The second-order valence-electron chi connectivity index (χ2n) is 6.52. The summed E-state index contributed by atoms with van der Waals surface area (Å²) < 4.78 is 30.9. The summed E-state index contributed by atoms with van der Waals surface area (Å²) in [6, 6.07) is 12.5. The lowest BCUT2D eigenvalue weighted by Gasteiger charge is -2.23. The van der Waals surface area contributed by atoms with Gasteiger partial charge in [-0.25, -0.2) is 13.8 Å². The molecule has 0 fully saturated rings. The van der Waals surface area contributed by atoms with Crippen molar-refractivity contribution in [2.24, 2.45) is 5.10 Å². The number of carbonyl (C=O) groups is 1. The zero-order chi connectivity index (χ0) is 21.4. The maximum Gasteiger partial charge on any atom is 0.260 e. The molecule has 2 aromatic rings. The third-order valence-corrected chi connectivity index (χ3v) is 5.06. The molecule has 0 radical (unpaired) electrons. The maximum atomic E-state index is 12.3. The third kappa shape index (κ3) is 6.76. The molecular weight excluding hydrogens is 390 g/mol. The minimum Gasteiger partial charge on any atom is -0.490 e. The van der Waals surface area contributed by atoms with Crippen molar-refractivity contribution in [3.05, 3.63) is 71.8 Å². The van der Waals surface area contributed by atoms with Crippen LogP contribution in [0.15, 0.2) is 60.2 Å². The molecule has 0 aromatic heterocycles. The molecule has 0 aliphatic heterocycles. The predicted octanol–water partition coefficient (Wildman–Crippen LogP) is 2.78. The summed E-state index contributed by atoms with van der Waals surface area (Å²) in [6.45, 7) is 7.33. The van der Waals surface area contributed by atoms with Crippen LogP contribution >= 0.6 is 0 Å². The van der Waals surface area contributed by atoms with Gasteiger partial charge in [0.05, 0.1) is 18.2 Å². The van der Waals surface area contributed by atoms with Crippen LogP contribution < -0.4 is 14.5 Å². The van der Waals surface area contributed by atoms with Crippen LogP contribution in [-0.2, 0) is 14.8 Å². The summed E-state index contributed by atoms with van der Waals surface area (Å²) in [5.41, 5.74) is 5.32. The smallest absolute Gasteiger partial charge is 0.260 e. The van der Waals surface area contributed by atoms with Crippen LogP contribution in [-0.4, -0.2) is 39.9 Å². The zero-order valence-corrected chi connectivity index (χ0v) is 17.6. The molecular formula is C21H25N3O4S. The first-order chi connectivity index (χ1) is 13.7. The fraction of sp³-hybridized carbons (Fsp3) is 0.238. The Morgan fingerprint density at radius 1 is 1.24 bits per heavy atom. The normalized spacial score (nSPS) is 11.3. The number of hydrazone groups is 1. The summed E-state index contributed by atoms with van der Waals surface area (Å²) >= 11 is 0. The Kier molecular flexibility index (Phi) is 7.55. The van der Waals surface area contributed by atoms with E-state index in [1.807, 2.05) is 13.0 Å². The molecule has 2 rings (SSSR count). The Bertz CT molecular complexity index is 1020. The van der Waals surface area contributed by atoms with Crippen LogP contribution in [0.25, 0.3) is 0 Å². The summed E-state index contributed by atoms with van der Waals surface area (Å²) in [5.74, 6) is 0.101. The molecule has 2 aromatic carbocycles. The van der Waals surface area contributed by atoms with E-state index in [1.54, 1.807) is 49.4 Å². The Morgan fingerprint density at radius 3 is 2.66 bits per heavy atom. The number of nitrogens with zero attached hydrogens (tertiary/aromatic N) is 2. The van der Waals surface area contributed by atoms with Gasteiger partial charge in [-0.05, 0) is 43.2 Å². The van der Waals surface area contributed by atoms with Crippen LogP contribution in [0.4, 0.5) is 5.69 Å². The minimum atomic E-state index is -3.64. The topological polar surface area (TPSA) is 88.1 Å². The van der Waals surface area contributed by atoms with Crippen LogP contribution in [0.2, 0.25) is 0 Å². The summed E-state index contributed by atoms with van der Waals surface area (Å²) in [7, 11) is -3.64. The molecule has 0 aliphatic carbocycles. The molecule has 0 saturated heterocycles. The Labute approximate surface area is 171 Å². The van der Waals surface area contributed by atoms with E-state index in [-0.39, 0.29) is 6.54 Å². The van der Waals surface area contributed by atoms with Crippen LogP contribution in [0, 0.1) is 13.8 Å². The first kappa shape index (κ1) is 22.2. The fourth-order valence-corrected chi connectivity index (χ4v) is 3.56. The summed E-state index contributed by atoms with van der Waals surface area (Å²) in [6.07, 6.45) is 4.17. The van der Waals surface area contributed by atoms with Crippen molar-refractivity contribution in [2.45, 2.75) is 13.8 Å². The van der Waals surface area contributed by atoms with Gasteiger partial charge in [0.15, 0.2) is 0 Å². The Balaban J connectivity index is 2.07. The van der Waals surface area contributed by atoms with Crippen molar-refractivity contribution in [3.63, 3.8) is 0 Å². The molecule has 8 heteroatoms. The number of nitrogens with one attached hydrogen (secondary N) is 1. The third-order valence-electron chi connectivity index (χ3n) is 3.94. The summed E-state index contributed by atoms with van der Waals surface area (Å²) in [4.78, 5) is 12.3. The molecule has 7 nitrogen and oxygen atoms in total. The van der Waals surface area contributed by atoms with Gasteiger partial charge in [-0.1, -0.05) is 42.5 Å². The van der Waals surface area contributed by atoms with Gasteiger partial charge >= 0.3 is 0 Å². The zero-order valence-electron chi connectivity index (χ0n) is 16.8. The van der Waals surface area contributed by atoms with E-state index in [0.29, 0.717) is 18.0 Å². The predicted molar refractivity (Wildman–Crippen MR) is 116 cm³/mol. The largest absolute Gasteiger partial charge is 0.490 e. The molecule has 0 saturated carbocycles. The second kappa shape index (κ2) is 9.88. The molecule has 0 unspecified atom stereocenters. The highest BCUT2D eigenvalue weighted by atomic mass is 32.2. The van der Waals surface area contributed by atoms with Gasteiger partial charge in [-0.15, -0.1) is 0 Å². The molecule has 0 atom stereocenters. The number of carbonyl (C=O) groups excluding carboxylic acids is 1. The molecule has 154 valence electrons. The van der Waals surface area contributed by atoms with E-state index >= 15 is 0 Å².